The fourth-order valence-corrected chi connectivity index (χ4v) is 4.67. The van der Waals surface area contributed by atoms with Crippen molar-refractivity contribution in [2.75, 3.05) is 11.4 Å². The Balaban J connectivity index is 0.00000169. The number of halogens is 1. The molecule has 2 bridgehead atoms. The minimum absolute atomic E-state index is 0. The number of nitrogens with two attached hydrogens (primary N) is 1. The zero-order valence-corrected chi connectivity index (χ0v) is 14.4. The number of rotatable bonds is 3. The lowest BCUT2D eigenvalue weighted by Crippen LogP contribution is -2.50. The maximum absolute atomic E-state index is 12.6. The van der Waals surface area contributed by atoms with Crippen molar-refractivity contribution in [3.8, 4) is 0 Å². The standard InChI is InChI=1S/C18H23N3O2.ClH/c19-16-12-7-6-11(10-12)15(16)17(22)20-14-8-9-21(18(14)23)13-4-2-1-3-5-13;/h1-5,11-12,14-16H,6-10,19H2,(H,20,22);1H. The number of amides is 2. The van der Waals surface area contributed by atoms with Crippen molar-refractivity contribution in [2.24, 2.45) is 23.5 Å². The zero-order chi connectivity index (χ0) is 16.0. The zero-order valence-electron chi connectivity index (χ0n) is 13.6. The summed E-state index contributed by atoms with van der Waals surface area (Å²) in [6.45, 7) is 0.649. The first-order valence-corrected chi connectivity index (χ1v) is 8.57. The summed E-state index contributed by atoms with van der Waals surface area (Å²) >= 11 is 0. The lowest BCUT2D eigenvalue weighted by Gasteiger charge is -2.28. The van der Waals surface area contributed by atoms with Crippen LogP contribution < -0.4 is 16.0 Å². The molecule has 0 aromatic heterocycles. The van der Waals surface area contributed by atoms with Gasteiger partial charge in [0.25, 0.3) is 0 Å². The summed E-state index contributed by atoms with van der Waals surface area (Å²) in [7, 11) is 0. The van der Waals surface area contributed by atoms with Crippen LogP contribution >= 0.6 is 12.4 Å². The van der Waals surface area contributed by atoms with Gasteiger partial charge in [0, 0.05) is 18.3 Å². The van der Waals surface area contributed by atoms with Crippen LogP contribution in [-0.4, -0.2) is 30.4 Å². The Kier molecular flexibility index (Phi) is 4.83. The highest BCUT2D eigenvalue weighted by Crippen LogP contribution is 2.47. The molecule has 5 atom stereocenters. The molecule has 3 aliphatic rings. The van der Waals surface area contributed by atoms with Crippen molar-refractivity contribution in [1.82, 2.24) is 5.32 Å². The highest BCUT2D eigenvalue weighted by atomic mass is 35.5. The minimum Gasteiger partial charge on any atom is -0.344 e. The molecule has 24 heavy (non-hydrogen) atoms. The van der Waals surface area contributed by atoms with Gasteiger partial charge in [0.15, 0.2) is 0 Å². The molecule has 1 aromatic rings. The molecule has 3 fully saturated rings. The van der Waals surface area contributed by atoms with Crippen LogP contribution in [0, 0.1) is 17.8 Å². The van der Waals surface area contributed by atoms with Crippen LogP contribution in [0.4, 0.5) is 5.69 Å². The number of carbonyl (C=O) groups is 2. The van der Waals surface area contributed by atoms with Crippen LogP contribution in [0.25, 0.3) is 0 Å². The molecule has 0 spiro atoms. The van der Waals surface area contributed by atoms with Crippen molar-refractivity contribution in [3.05, 3.63) is 30.3 Å². The van der Waals surface area contributed by atoms with Crippen LogP contribution in [0.3, 0.4) is 0 Å². The number of hydrogen-bond acceptors (Lipinski definition) is 3. The Morgan fingerprint density at radius 3 is 2.50 bits per heavy atom. The Morgan fingerprint density at radius 1 is 1.12 bits per heavy atom. The van der Waals surface area contributed by atoms with Gasteiger partial charge in [-0.3, -0.25) is 9.59 Å². The molecule has 1 aliphatic heterocycles. The van der Waals surface area contributed by atoms with E-state index >= 15 is 0 Å². The summed E-state index contributed by atoms with van der Waals surface area (Å²) in [5.41, 5.74) is 7.13. The molecule has 0 radical (unpaired) electrons. The third-order valence-corrected chi connectivity index (χ3v) is 5.87. The summed E-state index contributed by atoms with van der Waals surface area (Å²) in [5, 5.41) is 2.98. The van der Waals surface area contributed by atoms with E-state index in [1.807, 2.05) is 30.3 Å². The molecule has 1 saturated heterocycles. The van der Waals surface area contributed by atoms with E-state index in [1.54, 1.807) is 4.90 Å². The molecule has 1 aromatic carbocycles. The molecule has 5 unspecified atom stereocenters. The van der Waals surface area contributed by atoms with Crippen LogP contribution in [0.15, 0.2) is 30.3 Å². The lowest BCUT2D eigenvalue weighted by molar-refractivity contribution is -0.130. The second-order valence-corrected chi connectivity index (χ2v) is 7.11. The van der Waals surface area contributed by atoms with Gasteiger partial charge in [0.1, 0.15) is 6.04 Å². The number of para-hydroxylation sites is 1. The van der Waals surface area contributed by atoms with E-state index < -0.39 is 6.04 Å². The molecule has 4 rings (SSSR count). The van der Waals surface area contributed by atoms with Gasteiger partial charge in [-0.25, -0.2) is 0 Å². The lowest BCUT2D eigenvalue weighted by atomic mass is 9.84. The molecule has 3 N–H and O–H groups in total. The highest BCUT2D eigenvalue weighted by Gasteiger charge is 2.49. The number of nitrogens with one attached hydrogen (secondary N) is 1. The fraction of sp³-hybridized carbons (Fsp3) is 0.556. The van der Waals surface area contributed by atoms with Gasteiger partial charge in [0.05, 0.1) is 5.92 Å². The minimum atomic E-state index is -0.408. The fourth-order valence-electron chi connectivity index (χ4n) is 4.67. The summed E-state index contributed by atoms with van der Waals surface area (Å²) in [5.74, 6) is 0.777. The number of nitrogens with zero attached hydrogens (tertiary/aromatic N) is 1. The Labute approximate surface area is 148 Å². The van der Waals surface area contributed by atoms with Crippen molar-refractivity contribution in [1.29, 1.82) is 0 Å². The van der Waals surface area contributed by atoms with E-state index in [0.717, 1.165) is 24.9 Å². The summed E-state index contributed by atoms with van der Waals surface area (Å²) in [6.07, 6.45) is 3.99. The largest absolute Gasteiger partial charge is 0.344 e. The van der Waals surface area contributed by atoms with Crippen molar-refractivity contribution in [2.45, 2.75) is 37.8 Å². The number of benzene rings is 1. The first-order chi connectivity index (χ1) is 11.1. The Hall–Kier alpha value is -1.59. The third-order valence-electron chi connectivity index (χ3n) is 5.87. The molecule has 1 heterocycles. The smallest absolute Gasteiger partial charge is 0.249 e. The van der Waals surface area contributed by atoms with E-state index in [2.05, 4.69) is 5.32 Å². The maximum Gasteiger partial charge on any atom is 0.249 e. The van der Waals surface area contributed by atoms with E-state index in [4.69, 9.17) is 5.73 Å². The van der Waals surface area contributed by atoms with Gasteiger partial charge in [-0.2, -0.15) is 0 Å². The van der Waals surface area contributed by atoms with Gasteiger partial charge in [0.2, 0.25) is 11.8 Å². The average Bonchev–Trinajstić information content (AvgIpc) is 3.24. The van der Waals surface area contributed by atoms with E-state index in [-0.39, 0.29) is 36.2 Å². The molecule has 2 aliphatic carbocycles. The van der Waals surface area contributed by atoms with Crippen LogP contribution in [0.5, 0.6) is 0 Å². The van der Waals surface area contributed by atoms with Gasteiger partial charge in [-0.1, -0.05) is 18.2 Å². The van der Waals surface area contributed by atoms with Gasteiger partial charge in [-0.05, 0) is 49.7 Å². The predicted octanol–water partition coefficient (Wildman–Crippen LogP) is 1.70. The van der Waals surface area contributed by atoms with Crippen molar-refractivity contribution < 1.29 is 9.59 Å². The van der Waals surface area contributed by atoms with E-state index in [9.17, 15) is 9.59 Å². The van der Waals surface area contributed by atoms with E-state index in [0.29, 0.717) is 24.8 Å². The highest BCUT2D eigenvalue weighted by molar-refractivity contribution is 6.01. The number of hydrogen-bond donors (Lipinski definition) is 2. The van der Waals surface area contributed by atoms with Crippen LogP contribution in [0.2, 0.25) is 0 Å². The molecule has 130 valence electrons. The van der Waals surface area contributed by atoms with E-state index in [1.165, 1.54) is 0 Å². The topological polar surface area (TPSA) is 75.4 Å². The third kappa shape index (κ3) is 2.80. The second kappa shape index (κ2) is 6.73. The Morgan fingerprint density at radius 2 is 1.83 bits per heavy atom. The van der Waals surface area contributed by atoms with Crippen LogP contribution in [0.1, 0.15) is 25.7 Å². The Bertz CT molecular complexity index is 622. The average molecular weight is 350 g/mol. The molecule has 6 heteroatoms. The normalized spacial score (nSPS) is 34.3. The molecule has 2 saturated carbocycles. The van der Waals surface area contributed by atoms with Gasteiger partial charge in [-0.15, -0.1) is 12.4 Å². The monoisotopic (exact) mass is 349 g/mol. The summed E-state index contributed by atoms with van der Waals surface area (Å²) < 4.78 is 0. The first kappa shape index (κ1) is 17.2. The number of carbonyl (C=O) groups excluding carboxylic acids is 2. The predicted molar refractivity (Wildman–Crippen MR) is 94.9 cm³/mol. The molecule has 2 amide bonds. The number of fused-ring (bicyclic) bond motifs is 2. The SMILES string of the molecule is Cl.NC1C2CCC(C2)C1C(=O)NC1CCN(c2ccccc2)C1=O. The number of anilines is 1. The van der Waals surface area contributed by atoms with Crippen LogP contribution in [-0.2, 0) is 9.59 Å². The quantitative estimate of drug-likeness (QED) is 0.872. The van der Waals surface area contributed by atoms with Crippen molar-refractivity contribution >= 4 is 29.9 Å². The summed E-state index contributed by atoms with van der Waals surface area (Å²) in [4.78, 5) is 27.0. The van der Waals surface area contributed by atoms with Gasteiger partial charge >= 0.3 is 0 Å². The van der Waals surface area contributed by atoms with Gasteiger partial charge < -0.3 is 16.0 Å². The maximum atomic E-state index is 12.6. The molecular formula is C18H24ClN3O2. The molecule has 5 nitrogen and oxygen atoms in total. The molecular weight excluding hydrogens is 326 g/mol. The summed E-state index contributed by atoms with van der Waals surface area (Å²) in [6, 6.07) is 9.18. The second-order valence-electron chi connectivity index (χ2n) is 7.11. The first-order valence-electron chi connectivity index (χ1n) is 8.57. The van der Waals surface area contributed by atoms with Crippen molar-refractivity contribution in [3.63, 3.8) is 0 Å².